The van der Waals surface area contributed by atoms with Gasteiger partial charge in [-0.2, -0.15) is 0 Å². The molecule has 2 aromatic carbocycles. The minimum absolute atomic E-state index is 0.0206. The van der Waals surface area contributed by atoms with Crippen LogP contribution in [0, 0.1) is 0 Å². The summed E-state index contributed by atoms with van der Waals surface area (Å²) in [7, 11) is 0. The third kappa shape index (κ3) is 5.01. The Balaban J connectivity index is 1.63. The van der Waals surface area contributed by atoms with E-state index in [4.69, 9.17) is 32.9 Å². The molecule has 2 N–H and O–H groups in total. The standard InChI is InChI=1S/C22H20Cl2N2O3S/c1-22(28)10-17(29-18(27)11-22)12-30-21-25-19(13-4-2-6-15(23)8-13)20(26-21)14-5-3-7-16(24)9-14/h2-9,17,28H,10-12H2,1H3,(H,25,26)/t17-,22+/m0/s1. The number of aromatic amines is 1. The number of nitrogens with zero attached hydrogens (tertiary/aromatic N) is 1. The van der Waals surface area contributed by atoms with Crippen LogP contribution >= 0.6 is 35.0 Å². The molecular formula is C22H20Cl2N2O3S. The number of imidazole rings is 1. The highest BCUT2D eigenvalue weighted by molar-refractivity contribution is 7.99. The Kier molecular flexibility index (Phi) is 6.11. The highest BCUT2D eigenvalue weighted by Crippen LogP contribution is 2.35. The third-order valence-electron chi connectivity index (χ3n) is 4.79. The van der Waals surface area contributed by atoms with Crippen LogP contribution in [0.15, 0.2) is 53.7 Å². The van der Waals surface area contributed by atoms with E-state index in [1.807, 2.05) is 48.5 Å². The van der Waals surface area contributed by atoms with Gasteiger partial charge in [-0.15, -0.1) is 0 Å². The van der Waals surface area contributed by atoms with Gasteiger partial charge in [0.15, 0.2) is 5.16 Å². The summed E-state index contributed by atoms with van der Waals surface area (Å²) in [6, 6.07) is 15.0. The van der Waals surface area contributed by atoms with Gasteiger partial charge in [0.25, 0.3) is 0 Å². The summed E-state index contributed by atoms with van der Waals surface area (Å²) in [5, 5.41) is 12.2. The van der Waals surface area contributed by atoms with E-state index in [-0.39, 0.29) is 18.5 Å². The molecule has 4 rings (SSSR count). The molecule has 0 saturated carbocycles. The molecule has 0 amide bonds. The van der Waals surface area contributed by atoms with Crippen molar-refractivity contribution in [2.24, 2.45) is 0 Å². The average Bonchev–Trinajstić information content (AvgIpc) is 3.09. The van der Waals surface area contributed by atoms with Crippen molar-refractivity contribution in [1.82, 2.24) is 9.97 Å². The second-order valence-electron chi connectivity index (χ2n) is 7.59. The quantitative estimate of drug-likeness (QED) is 0.381. The Morgan fingerprint density at radius 1 is 1.20 bits per heavy atom. The van der Waals surface area contributed by atoms with Crippen LogP contribution in [0.4, 0.5) is 0 Å². The van der Waals surface area contributed by atoms with Crippen LogP contribution in [-0.2, 0) is 9.53 Å². The van der Waals surface area contributed by atoms with Crippen LogP contribution < -0.4 is 0 Å². The molecule has 0 bridgehead atoms. The van der Waals surface area contributed by atoms with Gasteiger partial charge in [0.05, 0.1) is 23.4 Å². The molecule has 0 unspecified atom stereocenters. The van der Waals surface area contributed by atoms with E-state index in [2.05, 4.69) is 4.98 Å². The van der Waals surface area contributed by atoms with Gasteiger partial charge in [-0.25, -0.2) is 4.98 Å². The van der Waals surface area contributed by atoms with Crippen LogP contribution in [0.25, 0.3) is 22.5 Å². The zero-order valence-electron chi connectivity index (χ0n) is 16.2. The lowest BCUT2D eigenvalue weighted by Gasteiger charge is -2.32. The number of aliphatic hydroxyl groups is 1. The Bertz CT molecular complexity index is 1020. The number of ether oxygens (including phenoxy) is 1. The first-order chi connectivity index (χ1) is 14.3. The Morgan fingerprint density at radius 3 is 2.53 bits per heavy atom. The fourth-order valence-corrected chi connectivity index (χ4v) is 4.77. The van der Waals surface area contributed by atoms with Crippen LogP contribution in [-0.4, -0.2) is 38.5 Å². The number of carbonyl (C=O) groups is 1. The summed E-state index contributed by atoms with van der Waals surface area (Å²) in [5.74, 6) is 0.106. The predicted octanol–water partition coefficient (Wildman–Crippen LogP) is 5.60. The summed E-state index contributed by atoms with van der Waals surface area (Å²) in [4.78, 5) is 19.9. The number of rotatable bonds is 5. The molecule has 2 atom stereocenters. The first kappa shape index (κ1) is 21.2. The molecule has 1 saturated heterocycles. The number of cyclic esters (lactones) is 1. The maximum atomic E-state index is 11.8. The zero-order chi connectivity index (χ0) is 21.3. The molecule has 0 spiro atoms. The zero-order valence-corrected chi connectivity index (χ0v) is 18.5. The summed E-state index contributed by atoms with van der Waals surface area (Å²) < 4.78 is 5.39. The second-order valence-corrected chi connectivity index (χ2v) is 9.47. The first-order valence-electron chi connectivity index (χ1n) is 9.46. The van der Waals surface area contributed by atoms with Gasteiger partial charge < -0.3 is 14.8 Å². The molecule has 3 aromatic rings. The number of hydrogen-bond donors (Lipinski definition) is 2. The van der Waals surface area contributed by atoms with Crippen LogP contribution in [0.5, 0.6) is 0 Å². The molecule has 1 aliphatic heterocycles. The highest BCUT2D eigenvalue weighted by atomic mass is 35.5. The number of nitrogens with one attached hydrogen (secondary N) is 1. The molecular weight excluding hydrogens is 443 g/mol. The van der Waals surface area contributed by atoms with Gasteiger partial charge in [0.1, 0.15) is 6.10 Å². The van der Waals surface area contributed by atoms with Gasteiger partial charge in [-0.1, -0.05) is 59.2 Å². The molecule has 0 aliphatic carbocycles. The van der Waals surface area contributed by atoms with Crippen molar-refractivity contribution >= 4 is 40.9 Å². The molecule has 5 nitrogen and oxygen atoms in total. The van der Waals surface area contributed by atoms with E-state index in [9.17, 15) is 9.90 Å². The SMILES string of the molecule is C[C@]1(O)CC(=O)O[C@H](CSc2nc(-c3cccc(Cl)c3)c(-c3cccc(Cl)c3)[nH]2)C1. The number of esters is 1. The van der Waals surface area contributed by atoms with Gasteiger partial charge >= 0.3 is 5.97 Å². The largest absolute Gasteiger partial charge is 0.461 e. The molecule has 1 aliphatic rings. The first-order valence-corrected chi connectivity index (χ1v) is 11.2. The van der Waals surface area contributed by atoms with Crippen molar-refractivity contribution in [1.29, 1.82) is 0 Å². The number of hydrogen-bond acceptors (Lipinski definition) is 5. The molecule has 30 heavy (non-hydrogen) atoms. The number of thioether (sulfide) groups is 1. The van der Waals surface area contributed by atoms with Crippen LogP contribution in [0.1, 0.15) is 19.8 Å². The molecule has 2 heterocycles. The smallest absolute Gasteiger partial charge is 0.309 e. The highest BCUT2D eigenvalue weighted by Gasteiger charge is 2.36. The summed E-state index contributed by atoms with van der Waals surface area (Å²) in [5.41, 5.74) is 2.34. The predicted molar refractivity (Wildman–Crippen MR) is 120 cm³/mol. The summed E-state index contributed by atoms with van der Waals surface area (Å²) in [6.07, 6.45) is 0.0437. The molecule has 1 fully saturated rings. The van der Waals surface area contributed by atoms with E-state index in [0.717, 1.165) is 22.5 Å². The fraction of sp³-hybridized carbons (Fsp3) is 0.273. The summed E-state index contributed by atoms with van der Waals surface area (Å²) >= 11 is 13.8. The minimum Gasteiger partial charge on any atom is -0.461 e. The van der Waals surface area contributed by atoms with Crippen molar-refractivity contribution in [2.75, 3.05) is 5.75 Å². The van der Waals surface area contributed by atoms with E-state index < -0.39 is 5.60 Å². The number of H-pyrrole nitrogens is 1. The number of benzene rings is 2. The fourth-order valence-electron chi connectivity index (χ4n) is 3.53. The Labute approximate surface area is 188 Å². The minimum atomic E-state index is -1.04. The van der Waals surface area contributed by atoms with Crippen molar-refractivity contribution < 1.29 is 14.6 Å². The van der Waals surface area contributed by atoms with Crippen molar-refractivity contribution in [3.63, 3.8) is 0 Å². The lowest BCUT2D eigenvalue weighted by molar-refractivity contribution is -0.165. The van der Waals surface area contributed by atoms with E-state index in [1.165, 1.54) is 11.8 Å². The average molecular weight is 463 g/mol. The van der Waals surface area contributed by atoms with Gasteiger partial charge in [-0.05, 0) is 31.2 Å². The lowest BCUT2D eigenvalue weighted by Crippen LogP contribution is -2.41. The van der Waals surface area contributed by atoms with E-state index >= 15 is 0 Å². The van der Waals surface area contributed by atoms with Crippen LogP contribution in [0.3, 0.4) is 0 Å². The molecule has 1 aromatic heterocycles. The molecule has 8 heteroatoms. The van der Waals surface area contributed by atoms with Gasteiger partial charge in [0.2, 0.25) is 0 Å². The van der Waals surface area contributed by atoms with E-state index in [1.54, 1.807) is 6.92 Å². The Hall–Kier alpha value is -1.99. The molecule has 0 radical (unpaired) electrons. The van der Waals surface area contributed by atoms with Crippen molar-refractivity contribution in [2.45, 2.75) is 36.6 Å². The monoisotopic (exact) mass is 462 g/mol. The maximum Gasteiger partial charge on any atom is 0.309 e. The maximum absolute atomic E-state index is 11.8. The number of aromatic nitrogens is 2. The van der Waals surface area contributed by atoms with Gasteiger partial charge in [0, 0.05) is 33.3 Å². The normalized spacial score (nSPS) is 21.5. The number of carbonyl (C=O) groups excluding carboxylic acids is 1. The van der Waals surface area contributed by atoms with Crippen molar-refractivity contribution in [3.8, 4) is 22.5 Å². The van der Waals surface area contributed by atoms with E-state index in [0.29, 0.717) is 27.4 Å². The van der Waals surface area contributed by atoms with Gasteiger partial charge in [-0.3, -0.25) is 4.79 Å². The topological polar surface area (TPSA) is 75.2 Å². The summed E-state index contributed by atoms with van der Waals surface area (Å²) in [6.45, 7) is 1.66. The second kappa shape index (κ2) is 8.63. The Morgan fingerprint density at radius 2 is 1.87 bits per heavy atom. The lowest BCUT2D eigenvalue weighted by atomic mass is 9.93. The number of halogens is 2. The van der Waals surface area contributed by atoms with Crippen molar-refractivity contribution in [3.05, 3.63) is 58.6 Å². The third-order valence-corrected chi connectivity index (χ3v) is 6.27. The molecule has 156 valence electrons. The van der Waals surface area contributed by atoms with Crippen LogP contribution in [0.2, 0.25) is 10.0 Å².